The molecule has 0 amide bonds. The molecule has 0 aromatic heterocycles. The van der Waals surface area contributed by atoms with Crippen molar-refractivity contribution < 1.29 is 19.7 Å². The first kappa shape index (κ1) is 13.2. The molecule has 0 aliphatic heterocycles. The van der Waals surface area contributed by atoms with Crippen LogP contribution in [0.4, 0.5) is 0 Å². The molecule has 0 aliphatic rings. The molecule has 2 aromatic carbocycles. The van der Waals surface area contributed by atoms with E-state index >= 15 is 0 Å². The maximum Gasteiger partial charge on any atom is 0.161 e. The van der Waals surface area contributed by atoms with Crippen LogP contribution in [0.2, 0.25) is 0 Å². The van der Waals surface area contributed by atoms with E-state index in [0.29, 0.717) is 17.1 Å². The number of benzene rings is 2. The zero-order valence-corrected chi connectivity index (χ0v) is 10.6. The SMILES string of the molecule is COc1ccccc1OCC(O)c1ccc(O)cc1. The fourth-order valence-corrected chi connectivity index (χ4v) is 1.70. The van der Waals surface area contributed by atoms with E-state index in [2.05, 4.69) is 0 Å². The maximum absolute atomic E-state index is 9.99. The Morgan fingerprint density at radius 2 is 1.63 bits per heavy atom. The third-order valence-electron chi connectivity index (χ3n) is 2.74. The van der Waals surface area contributed by atoms with Gasteiger partial charge in [-0.2, -0.15) is 0 Å². The zero-order valence-electron chi connectivity index (χ0n) is 10.6. The van der Waals surface area contributed by atoms with E-state index in [1.54, 1.807) is 31.4 Å². The summed E-state index contributed by atoms with van der Waals surface area (Å²) in [7, 11) is 1.57. The van der Waals surface area contributed by atoms with Crippen LogP contribution in [0, 0.1) is 0 Å². The van der Waals surface area contributed by atoms with E-state index in [0.717, 1.165) is 0 Å². The third kappa shape index (κ3) is 3.39. The van der Waals surface area contributed by atoms with Crippen LogP contribution < -0.4 is 9.47 Å². The second-order valence-corrected chi connectivity index (χ2v) is 4.07. The number of phenolic OH excluding ortho intramolecular Hbond substituents is 1. The van der Waals surface area contributed by atoms with Crippen molar-refractivity contribution in [2.24, 2.45) is 0 Å². The van der Waals surface area contributed by atoms with Crippen molar-refractivity contribution in [1.82, 2.24) is 0 Å². The smallest absolute Gasteiger partial charge is 0.161 e. The predicted molar refractivity (Wildman–Crippen MR) is 71.6 cm³/mol. The number of rotatable bonds is 5. The lowest BCUT2D eigenvalue weighted by atomic mass is 10.1. The number of methoxy groups -OCH3 is 1. The number of phenols is 1. The summed E-state index contributed by atoms with van der Waals surface area (Å²) in [4.78, 5) is 0. The van der Waals surface area contributed by atoms with Crippen LogP contribution in [0.1, 0.15) is 11.7 Å². The van der Waals surface area contributed by atoms with Crippen molar-refractivity contribution in [2.45, 2.75) is 6.10 Å². The standard InChI is InChI=1S/C15H16O4/c1-18-14-4-2-3-5-15(14)19-10-13(17)11-6-8-12(16)9-7-11/h2-9,13,16-17H,10H2,1H3. The maximum atomic E-state index is 9.99. The minimum atomic E-state index is -0.759. The Kier molecular flexibility index (Phi) is 4.26. The number of ether oxygens (including phenoxy) is 2. The Labute approximate surface area is 111 Å². The first-order valence-electron chi connectivity index (χ1n) is 5.93. The monoisotopic (exact) mass is 260 g/mol. The second kappa shape index (κ2) is 6.11. The highest BCUT2D eigenvalue weighted by atomic mass is 16.5. The van der Waals surface area contributed by atoms with Crippen molar-refractivity contribution in [3.8, 4) is 17.2 Å². The summed E-state index contributed by atoms with van der Waals surface area (Å²) < 4.78 is 10.7. The average Bonchev–Trinajstić information content (AvgIpc) is 2.45. The minimum Gasteiger partial charge on any atom is -0.508 e. The number of aromatic hydroxyl groups is 1. The Morgan fingerprint density at radius 3 is 2.26 bits per heavy atom. The van der Waals surface area contributed by atoms with Crippen LogP contribution in [0.25, 0.3) is 0 Å². The highest BCUT2D eigenvalue weighted by Gasteiger charge is 2.10. The van der Waals surface area contributed by atoms with E-state index in [4.69, 9.17) is 9.47 Å². The molecule has 4 heteroatoms. The lowest BCUT2D eigenvalue weighted by molar-refractivity contribution is 0.106. The van der Waals surface area contributed by atoms with E-state index in [-0.39, 0.29) is 12.4 Å². The van der Waals surface area contributed by atoms with E-state index in [9.17, 15) is 10.2 Å². The highest BCUT2D eigenvalue weighted by molar-refractivity contribution is 5.39. The van der Waals surface area contributed by atoms with Crippen LogP contribution in [0.15, 0.2) is 48.5 Å². The molecule has 2 rings (SSSR count). The highest BCUT2D eigenvalue weighted by Crippen LogP contribution is 2.27. The summed E-state index contributed by atoms with van der Waals surface area (Å²) in [5.74, 6) is 1.38. The molecular formula is C15H16O4. The number of para-hydroxylation sites is 2. The molecule has 0 radical (unpaired) electrons. The summed E-state index contributed by atoms with van der Waals surface area (Å²) >= 11 is 0. The molecule has 0 heterocycles. The normalized spacial score (nSPS) is 11.9. The summed E-state index contributed by atoms with van der Waals surface area (Å²) in [6, 6.07) is 13.6. The van der Waals surface area contributed by atoms with Gasteiger partial charge in [0.15, 0.2) is 11.5 Å². The summed E-state index contributed by atoms with van der Waals surface area (Å²) in [6.45, 7) is 0.116. The first-order chi connectivity index (χ1) is 9.20. The number of aliphatic hydroxyl groups is 1. The lowest BCUT2D eigenvalue weighted by Crippen LogP contribution is -2.10. The topological polar surface area (TPSA) is 58.9 Å². The Balaban J connectivity index is 2.00. The molecule has 2 aromatic rings. The number of hydrogen-bond donors (Lipinski definition) is 2. The van der Waals surface area contributed by atoms with Gasteiger partial charge in [-0.3, -0.25) is 0 Å². The molecule has 1 unspecified atom stereocenters. The largest absolute Gasteiger partial charge is 0.508 e. The van der Waals surface area contributed by atoms with Gasteiger partial charge in [-0.05, 0) is 29.8 Å². The third-order valence-corrected chi connectivity index (χ3v) is 2.74. The molecule has 100 valence electrons. The molecule has 0 bridgehead atoms. The van der Waals surface area contributed by atoms with E-state index < -0.39 is 6.10 Å². The zero-order chi connectivity index (χ0) is 13.7. The van der Waals surface area contributed by atoms with Gasteiger partial charge >= 0.3 is 0 Å². The van der Waals surface area contributed by atoms with Crippen molar-refractivity contribution in [1.29, 1.82) is 0 Å². The Bertz CT molecular complexity index is 522. The summed E-state index contributed by atoms with van der Waals surface area (Å²) in [6.07, 6.45) is -0.759. The molecular weight excluding hydrogens is 244 g/mol. The van der Waals surface area contributed by atoms with Crippen molar-refractivity contribution in [2.75, 3.05) is 13.7 Å². The van der Waals surface area contributed by atoms with Crippen molar-refractivity contribution in [3.05, 3.63) is 54.1 Å². The average molecular weight is 260 g/mol. The van der Waals surface area contributed by atoms with E-state index in [1.165, 1.54) is 12.1 Å². The van der Waals surface area contributed by atoms with Crippen LogP contribution in [-0.2, 0) is 0 Å². The number of hydrogen-bond acceptors (Lipinski definition) is 4. The van der Waals surface area contributed by atoms with Gasteiger partial charge in [0.1, 0.15) is 18.5 Å². The molecule has 19 heavy (non-hydrogen) atoms. The molecule has 0 saturated heterocycles. The molecule has 0 saturated carbocycles. The molecule has 1 atom stereocenters. The summed E-state index contributed by atoms with van der Waals surface area (Å²) in [5, 5.41) is 19.2. The molecule has 0 fully saturated rings. The quantitative estimate of drug-likeness (QED) is 0.867. The van der Waals surface area contributed by atoms with Crippen LogP contribution in [0.3, 0.4) is 0 Å². The Morgan fingerprint density at radius 1 is 1.00 bits per heavy atom. The van der Waals surface area contributed by atoms with Crippen LogP contribution in [0.5, 0.6) is 17.2 Å². The van der Waals surface area contributed by atoms with Gasteiger partial charge in [-0.1, -0.05) is 24.3 Å². The van der Waals surface area contributed by atoms with Crippen molar-refractivity contribution >= 4 is 0 Å². The Hall–Kier alpha value is -2.20. The van der Waals surface area contributed by atoms with Gasteiger partial charge in [0.2, 0.25) is 0 Å². The van der Waals surface area contributed by atoms with Gasteiger partial charge in [0.25, 0.3) is 0 Å². The van der Waals surface area contributed by atoms with Gasteiger partial charge in [-0.25, -0.2) is 0 Å². The summed E-state index contributed by atoms with van der Waals surface area (Å²) in [5.41, 5.74) is 0.688. The predicted octanol–water partition coefficient (Wildman–Crippen LogP) is 2.51. The fraction of sp³-hybridized carbons (Fsp3) is 0.200. The first-order valence-corrected chi connectivity index (χ1v) is 5.93. The lowest BCUT2D eigenvalue weighted by Gasteiger charge is -2.14. The fourth-order valence-electron chi connectivity index (χ4n) is 1.70. The second-order valence-electron chi connectivity index (χ2n) is 4.07. The van der Waals surface area contributed by atoms with Gasteiger partial charge < -0.3 is 19.7 Å². The van der Waals surface area contributed by atoms with Gasteiger partial charge in [0, 0.05) is 0 Å². The number of aliphatic hydroxyl groups excluding tert-OH is 1. The molecule has 0 aliphatic carbocycles. The van der Waals surface area contributed by atoms with Crippen LogP contribution in [-0.4, -0.2) is 23.9 Å². The van der Waals surface area contributed by atoms with Crippen molar-refractivity contribution in [3.63, 3.8) is 0 Å². The molecule has 0 spiro atoms. The van der Waals surface area contributed by atoms with Gasteiger partial charge in [-0.15, -0.1) is 0 Å². The minimum absolute atomic E-state index is 0.116. The van der Waals surface area contributed by atoms with Crippen LogP contribution >= 0.6 is 0 Å². The molecule has 4 nitrogen and oxygen atoms in total. The molecule has 2 N–H and O–H groups in total. The van der Waals surface area contributed by atoms with Gasteiger partial charge in [0.05, 0.1) is 7.11 Å². The van der Waals surface area contributed by atoms with E-state index in [1.807, 2.05) is 12.1 Å².